The lowest BCUT2D eigenvalue weighted by Gasteiger charge is -2.32. The van der Waals surface area contributed by atoms with E-state index >= 15 is 0 Å². The quantitative estimate of drug-likeness (QED) is 0.692. The molecule has 6 heteroatoms. The van der Waals surface area contributed by atoms with E-state index in [1.54, 1.807) is 0 Å². The highest BCUT2D eigenvalue weighted by atomic mass is 16.6. The van der Waals surface area contributed by atoms with Crippen molar-refractivity contribution < 1.29 is 4.92 Å². The minimum absolute atomic E-state index is 0.0565. The Bertz CT molecular complexity index is 724. The minimum Gasteiger partial charge on any atom is -0.376 e. The number of anilines is 1. The van der Waals surface area contributed by atoms with Crippen LogP contribution in [0, 0.1) is 17.0 Å². The molecule has 0 saturated carbocycles. The molecule has 2 heterocycles. The van der Waals surface area contributed by atoms with Gasteiger partial charge in [-0.3, -0.25) is 10.1 Å². The van der Waals surface area contributed by atoms with Gasteiger partial charge in [0.2, 0.25) is 0 Å². The lowest BCUT2D eigenvalue weighted by atomic mass is 10.0. The molecule has 1 fully saturated rings. The summed E-state index contributed by atoms with van der Waals surface area (Å²) in [5.41, 5.74) is 2.53. The highest BCUT2D eigenvalue weighted by Crippen LogP contribution is 2.33. The van der Waals surface area contributed by atoms with E-state index in [1.165, 1.54) is 6.20 Å². The van der Waals surface area contributed by atoms with Crippen molar-refractivity contribution in [2.24, 2.45) is 0 Å². The molecule has 0 radical (unpaired) electrons. The number of nitro groups is 1. The van der Waals surface area contributed by atoms with Gasteiger partial charge in [-0.25, -0.2) is 4.98 Å². The molecule has 0 unspecified atom stereocenters. The second-order valence-corrected chi connectivity index (χ2v) is 6.15. The van der Waals surface area contributed by atoms with Gasteiger partial charge < -0.3 is 10.2 Å². The normalized spacial score (nSPS) is 16.6. The number of hydrogen-bond acceptors (Lipinski definition) is 5. The van der Waals surface area contributed by atoms with Gasteiger partial charge in [0.05, 0.1) is 10.4 Å². The zero-order chi connectivity index (χ0) is 16.4. The number of hydrogen-bond donors (Lipinski definition) is 1. The molecule has 23 heavy (non-hydrogen) atoms. The van der Waals surface area contributed by atoms with E-state index in [0.29, 0.717) is 5.69 Å². The Labute approximate surface area is 135 Å². The highest BCUT2D eigenvalue weighted by Gasteiger charge is 2.23. The van der Waals surface area contributed by atoms with Gasteiger partial charge in [0.1, 0.15) is 11.9 Å². The number of pyridine rings is 1. The van der Waals surface area contributed by atoms with Crippen molar-refractivity contribution in [2.45, 2.75) is 32.7 Å². The van der Waals surface area contributed by atoms with Crippen molar-refractivity contribution in [2.75, 3.05) is 25.0 Å². The largest absolute Gasteiger partial charge is 0.376 e. The molecule has 1 aromatic carbocycles. The van der Waals surface area contributed by atoms with E-state index in [0.717, 1.165) is 48.9 Å². The van der Waals surface area contributed by atoms with E-state index in [2.05, 4.69) is 22.1 Å². The fourth-order valence-corrected chi connectivity index (χ4v) is 3.18. The monoisotopic (exact) mass is 314 g/mol. The van der Waals surface area contributed by atoms with Crippen LogP contribution in [0.5, 0.6) is 0 Å². The van der Waals surface area contributed by atoms with Crippen molar-refractivity contribution in [3.8, 4) is 0 Å². The number of nitrogens with one attached hydrogen (secondary N) is 1. The van der Waals surface area contributed by atoms with E-state index < -0.39 is 0 Å². The fourth-order valence-electron chi connectivity index (χ4n) is 3.18. The zero-order valence-corrected chi connectivity index (χ0v) is 13.6. The average Bonchev–Trinajstić information content (AvgIpc) is 2.55. The van der Waals surface area contributed by atoms with Crippen molar-refractivity contribution in [1.29, 1.82) is 0 Å². The Balaban J connectivity index is 1.95. The van der Waals surface area contributed by atoms with Gasteiger partial charge in [-0.15, -0.1) is 0 Å². The van der Waals surface area contributed by atoms with Crippen LogP contribution in [0.3, 0.4) is 0 Å². The third kappa shape index (κ3) is 3.27. The molecule has 1 saturated heterocycles. The fraction of sp³-hybridized carbons (Fsp3) is 0.471. The molecule has 1 N–H and O–H groups in total. The van der Waals surface area contributed by atoms with Crippen LogP contribution >= 0.6 is 0 Å². The van der Waals surface area contributed by atoms with Crippen molar-refractivity contribution >= 4 is 22.3 Å². The molecule has 2 aromatic rings. The second-order valence-electron chi connectivity index (χ2n) is 6.15. The average molecular weight is 314 g/mol. The van der Waals surface area contributed by atoms with Gasteiger partial charge in [0.15, 0.2) is 0 Å². The molecule has 0 amide bonds. The third-order valence-electron chi connectivity index (χ3n) is 4.58. The summed E-state index contributed by atoms with van der Waals surface area (Å²) in [6, 6.07) is 6.13. The Morgan fingerprint density at radius 3 is 2.78 bits per heavy atom. The number of rotatable bonds is 4. The van der Waals surface area contributed by atoms with Crippen LogP contribution in [0.4, 0.5) is 11.4 Å². The van der Waals surface area contributed by atoms with E-state index in [-0.39, 0.29) is 16.7 Å². The van der Waals surface area contributed by atoms with Crippen molar-refractivity contribution in [3.63, 3.8) is 0 Å². The number of piperidine rings is 1. The topological polar surface area (TPSA) is 71.3 Å². The van der Waals surface area contributed by atoms with Crippen LogP contribution in [-0.4, -0.2) is 40.5 Å². The number of benzene rings is 1. The molecule has 3 rings (SSSR count). The van der Waals surface area contributed by atoms with Crippen LogP contribution < -0.4 is 5.32 Å². The molecule has 122 valence electrons. The zero-order valence-electron chi connectivity index (χ0n) is 13.6. The van der Waals surface area contributed by atoms with E-state index in [1.807, 2.05) is 25.1 Å². The molecule has 0 spiro atoms. The van der Waals surface area contributed by atoms with Crippen molar-refractivity contribution in [1.82, 2.24) is 9.88 Å². The first-order valence-electron chi connectivity index (χ1n) is 8.11. The van der Waals surface area contributed by atoms with Gasteiger partial charge >= 0.3 is 5.69 Å². The van der Waals surface area contributed by atoms with Gasteiger partial charge in [-0.1, -0.05) is 18.6 Å². The maximum Gasteiger partial charge on any atom is 0.311 e. The summed E-state index contributed by atoms with van der Waals surface area (Å²) in [5.74, 6) is 0. The van der Waals surface area contributed by atoms with E-state index in [9.17, 15) is 10.1 Å². The number of aryl methyl sites for hydroxylation is 1. The summed E-state index contributed by atoms with van der Waals surface area (Å²) in [7, 11) is 0. The molecule has 1 aliphatic rings. The Kier molecular flexibility index (Phi) is 4.43. The third-order valence-corrected chi connectivity index (χ3v) is 4.58. The van der Waals surface area contributed by atoms with Gasteiger partial charge in [-0.2, -0.15) is 0 Å². The van der Waals surface area contributed by atoms with Crippen molar-refractivity contribution in [3.05, 3.63) is 40.1 Å². The summed E-state index contributed by atoms with van der Waals surface area (Å²) in [6.45, 7) is 7.28. The van der Waals surface area contributed by atoms with Crippen LogP contribution in [0.25, 0.3) is 10.9 Å². The Morgan fingerprint density at radius 1 is 1.39 bits per heavy atom. The summed E-state index contributed by atoms with van der Waals surface area (Å²) in [6.07, 6.45) is 3.36. The molecule has 0 bridgehead atoms. The molecular weight excluding hydrogens is 292 g/mol. The first-order chi connectivity index (χ1) is 11.1. The Morgan fingerprint density at radius 2 is 2.13 bits per heavy atom. The lowest BCUT2D eigenvalue weighted by Crippen LogP contribution is -2.39. The van der Waals surface area contributed by atoms with Gasteiger partial charge in [-0.05, 0) is 38.4 Å². The van der Waals surface area contributed by atoms with Crippen LogP contribution in [0.1, 0.15) is 25.3 Å². The smallest absolute Gasteiger partial charge is 0.311 e. The first kappa shape index (κ1) is 15.7. The second kappa shape index (κ2) is 6.50. The lowest BCUT2D eigenvalue weighted by molar-refractivity contribution is -0.384. The van der Waals surface area contributed by atoms with E-state index in [4.69, 9.17) is 0 Å². The summed E-state index contributed by atoms with van der Waals surface area (Å²) in [4.78, 5) is 17.7. The molecular formula is C17H22N4O2. The first-order valence-corrected chi connectivity index (χ1v) is 8.11. The van der Waals surface area contributed by atoms with Crippen LogP contribution in [0.15, 0.2) is 24.4 Å². The molecule has 0 aliphatic carbocycles. The highest BCUT2D eigenvalue weighted by molar-refractivity contribution is 5.96. The number of aromatic nitrogens is 1. The predicted octanol–water partition coefficient (Wildman–Crippen LogP) is 3.35. The molecule has 6 nitrogen and oxygen atoms in total. The van der Waals surface area contributed by atoms with Crippen LogP contribution in [-0.2, 0) is 0 Å². The SMILES string of the molecule is CCN1CCC(Nc2c([N+](=O)[O-])cnc3ccc(C)cc23)CC1. The van der Waals surface area contributed by atoms with Crippen LogP contribution in [0.2, 0.25) is 0 Å². The van der Waals surface area contributed by atoms with Gasteiger partial charge in [0.25, 0.3) is 0 Å². The predicted molar refractivity (Wildman–Crippen MR) is 91.9 cm³/mol. The Hall–Kier alpha value is -2.21. The number of nitrogens with zero attached hydrogens (tertiary/aromatic N) is 3. The number of fused-ring (bicyclic) bond motifs is 1. The summed E-state index contributed by atoms with van der Waals surface area (Å²) < 4.78 is 0. The maximum atomic E-state index is 11.4. The van der Waals surface area contributed by atoms with Gasteiger partial charge in [0, 0.05) is 24.5 Å². The minimum atomic E-state index is -0.349. The molecule has 1 aromatic heterocycles. The maximum absolute atomic E-state index is 11.4. The molecule has 1 aliphatic heterocycles. The summed E-state index contributed by atoms with van der Waals surface area (Å²) in [5, 5.41) is 15.7. The molecule has 0 atom stereocenters. The number of likely N-dealkylation sites (tertiary alicyclic amines) is 1. The standard InChI is InChI=1S/C17H22N4O2/c1-3-20-8-6-13(7-9-20)19-17-14-10-12(2)4-5-15(14)18-11-16(17)21(22)23/h4-5,10-11,13H,3,6-9H2,1-2H3,(H,18,19). The summed E-state index contributed by atoms with van der Waals surface area (Å²) >= 11 is 0.